The van der Waals surface area contributed by atoms with Crippen LogP contribution in [0.5, 0.6) is 0 Å². The van der Waals surface area contributed by atoms with Gasteiger partial charge in [0, 0.05) is 18.2 Å². The zero-order valence-corrected chi connectivity index (χ0v) is 9.04. The summed E-state index contributed by atoms with van der Waals surface area (Å²) in [6.07, 6.45) is -1.26. The summed E-state index contributed by atoms with van der Waals surface area (Å²) in [6.45, 7) is 1.30. The summed E-state index contributed by atoms with van der Waals surface area (Å²) >= 11 is 0. The summed E-state index contributed by atoms with van der Waals surface area (Å²) in [5.74, 6) is -5.29. The van der Waals surface area contributed by atoms with Crippen LogP contribution in [0.4, 0.5) is 14.5 Å². The van der Waals surface area contributed by atoms with Gasteiger partial charge in [0.15, 0.2) is 0 Å². The summed E-state index contributed by atoms with van der Waals surface area (Å²) in [5.41, 5.74) is -0.0126. The van der Waals surface area contributed by atoms with E-state index in [0.717, 1.165) is 12.1 Å². The predicted octanol–water partition coefficient (Wildman–Crippen LogP) is 2.21. The molecule has 0 atom stereocenters. The van der Waals surface area contributed by atoms with Gasteiger partial charge in [-0.1, -0.05) is 12.1 Å². The van der Waals surface area contributed by atoms with E-state index in [1.807, 2.05) is 0 Å². The summed E-state index contributed by atoms with van der Waals surface area (Å²) in [5, 5.41) is 10.8. The Morgan fingerprint density at radius 1 is 1.29 bits per heavy atom. The number of carbonyl (C=O) groups excluding carboxylic acids is 1. The number of carboxylic acid groups (broad SMARTS) is 1. The Bertz CT molecular complexity index is 429. The molecule has 0 radical (unpaired) electrons. The fraction of sp³-hybridized carbons (Fsp3) is 0.273. The van der Waals surface area contributed by atoms with Crippen LogP contribution in [0.25, 0.3) is 0 Å². The molecule has 0 saturated heterocycles. The van der Waals surface area contributed by atoms with Gasteiger partial charge in [0.25, 0.3) is 5.92 Å². The Kier molecular flexibility index (Phi) is 3.77. The molecule has 1 aromatic rings. The zero-order chi connectivity index (χ0) is 13.1. The average Bonchev–Trinajstić information content (AvgIpc) is 2.15. The second-order valence-corrected chi connectivity index (χ2v) is 3.53. The van der Waals surface area contributed by atoms with Crippen molar-refractivity contribution in [2.24, 2.45) is 0 Å². The topological polar surface area (TPSA) is 66.4 Å². The number of hydrogen-bond acceptors (Lipinski definition) is 2. The third-order valence-corrected chi connectivity index (χ3v) is 2.00. The van der Waals surface area contributed by atoms with E-state index in [1.54, 1.807) is 0 Å². The number of hydrogen-bond donors (Lipinski definition) is 2. The lowest BCUT2D eigenvalue weighted by Crippen LogP contribution is -2.18. The standard InChI is InChI=1S/C11H11F2NO3/c1-7(15)14-9-4-2-8(3-5-9)11(12,13)6-10(16)17/h2-5H,6H2,1H3,(H,14,15)(H,16,17). The Hall–Kier alpha value is -1.98. The van der Waals surface area contributed by atoms with E-state index < -0.39 is 23.9 Å². The second-order valence-electron chi connectivity index (χ2n) is 3.53. The molecule has 0 fully saturated rings. The molecule has 4 nitrogen and oxygen atoms in total. The normalized spacial score (nSPS) is 11.0. The van der Waals surface area contributed by atoms with Crippen LogP contribution in [-0.2, 0) is 15.5 Å². The van der Waals surface area contributed by atoms with E-state index in [1.165, 1.54) is 19.1 Å². The molecule has 0 heterocycles. The maximum Gasteiger partial charge on any atom is 0.309 e. The number of amides is 1. The van der Waals surface area contributed by atoms with Gasteiger partial charge < -0.3 is 10.4 Å². The molecule has 1 rings (SSSR count). The third-order valence-electron chi connectivity index (χ3n) is 2.00. The van der Waals surface area contributed by atoms with Crippen molar-refractivity contribution in [2.45, 2.75) is 19.3 Å². The molecule has 0 aliphatic carbocycles. The molecule has 0 aromatic heterocycles. The average molecular weight is 243 g/mol. The van der Waals surface area contributed by atoms with Crippen molar-refractivity contribution < 1.29 is 23.5 Å². The van der Waals surface area contributed by atoms with Crippen LogP contribution < -0.4 is 5.32 Å². The lowest BCUT2D eigenvalue weighted by atomic mass is 10.1. The molecule has 17 heavy (non-hydrogen) atoms. The van der Waals surface area contributed by atoms with E-state index in [-0.39, 0.29) is 5.91 Å². The van der Waals surface area contributed by atoms with Crippen molar-refractivity contribution in [1.82, 2.24) is 0 Å². The van der Waals surface area contributed by atoms with Crippen LogP contribution >= 0.6 is 0 Å². The number of nitrogens with one attached hydrogen (secondary N) is 1. The smallest absolute Gasteiger partial charge is 0.309 e. The van der Waals surface area contributed by atoms with Crippen LogP contribution in [-0.4, -0.2) is 17.0 Å². The number of alkyl halides is 2. The minimum atomic E-state index is -3.42. The van der Waals surface area contributed by atoms with Crippen LogP contribution in [0, 0.1) is 0 Å². The van der Waals surface area contributed by atoms with E-state index in [9.17, 15) is 18.4 Å². The first kappa shape index (κ1) is 13.1. The number of benzene rings is 1. The van der Waals surface area contributed by atoms with Crippen molar-refractivity contribution >= 4 is 17.6 Å². The highest BCUT2D eigenvalue weighted by atomic mass is 19.3. The Balaban J connectivity index is 2.86. The summed E-state index contributed by atoms with van der Waals surface area (Å²) in [7, 11) is 0. The number of aliphatic carboxylic acids is 1. The van der Waals surface area contributed by atoms with Crippen molar-refractivity contribution in [3.8, 4) is 0 Å². The summed E-state index contributed by atoms with van der Waals surface area (Å²) < 4.78 is 26.7. The van der Waals surface area contributed by atoms with Crippen molar-refractivity contribution in [3.63, 3.8) is 0 Å². The van der Waals surface area contributed by atoms with Crippen LogP contribution in [0.3, 0.4) is 0 Å². The second kappa shape index (κ2) is 4.90. The number of rotatable bonds is 4. The maximum absolute atomic E-state index is 13.3. The van der Waals surface area contributed by atoms with Gasteiger partial charge in [-0.2, -0.15) is 0 Å². The van der Waals surface area contributed by atoms with Gasteiger partial charge in [0.2, 0.25) is 5.91 Å². The van der Waals surface area contributed by atoms with Gasteiger partial charge in [-0.25, -0.2) is 8.78 Å². The molecule has 0 spiro atoms. The molecule has 0 bridgehead atoms. The minimum Gasteiger partial charge on any atom is -0.481 e. The Labute approximate surface area is 96.3 Å². The molecule has 1 aromatic carbocycles. The predicted molar refractivity (Wildman–Crippen MR) is 56.9 cm³/mol. The maximum atomic E-state index is 13.3. The third kappa shape index (κ3) is 3.82. The van der Waals surface area contributed by atoms with Gasteiger partial charge in [0.05, 0.1) is 0 Å². The highest BCUT2D eigenvalue weighted by Gasteiger charge is 2.34. The number of carboxylic acids is 1. The molecule has 0 aliphatic heterocycles. The number of halogens is 2. The number of anilines is 1. The SMILES string of the molecule is CC(=O)Nc1ccc(C(F)(F)CC(=O)O)cc1. The van der Waals surface area contributed by atoms with Crippen LogP contribution in [0.1, 0.15) is 18.9 Å². The molecule has 6 heteroatoms. The van der Waals surface area contributed by atoms with Crippen molar-refractivity contribution in [3.05, 3.63) is 29.8 Å². The summed E-state index contributed by atoms with van der Waals surface area (Å²) in [6, 6.07) is 4.78. The van der Waals surface area contributed by atoms with Gasteiger partial charge in [0.1, 0.15) is 6.42 Å². The summed E-state index contributed by atoms with van der Waals surface area (Å²) in [4.78, 5) is 21.0. The van der Waals surface area contributed by atoms with E-state index in [4.69, 9.17) is 5.11 Å². The van der Waals surface area contributed by atoms with Gasteiger partial charge >= 0.3 is 5.97 Å². The van der Waals surface area contributed by atoms with Crippen molar-refractivity contribution in [1.29, 1.82) is 0 Å². The molecule has 2 N–H and O–H groups in total. The van der Waals surface area contributed by atoms with E-state index >= 15 is 0 Å². The zero-order valence-electron chi connectivity index (χ0n) is 9.04. The molecular formula is C11H11F2NO3. The van der Waals surface area contributed by atoms with Crippen LogP contribution in [0.15, 0.2) is 24.3 Å². The Morgan fingerprint density at radius 3 is 2.24 bits per heavy atom. The first-order chi connectivity index (χ1) is 7.81. The quantitative estimate of drug-likeness (QED) is 0.852. The molecule has 0 aliphatic rings. The first-order valence-corrected chi connectivity index (χ1v) is 4.79. The molecular weight excluding hydrogens is 232 g/mol. The molecule has 92 valence electrons. The van der Waals surface area contributed by atoms with Gasteiger partial charge in [-0.15, -0.1) is 0 Å². The largest absolute Gasteiger partial charge is 0.481 e. The number of carbonyl (C=O) groups is 2. The lowest BCUT2D eigenvalue weighted by molar-refractivity contribution is -0.145. The molecule has 1 amide bonds. The van der Waals surface area contributed by atoms with Gasteiger partial charge in [-0.3, -0.25) is 9.59 Å². The van der Waals surface area contributed by atoms with Crippen LogP contribution in [0.2, 0.25) is 0 Å². The highest BCUT2D eigenvalue weighted by Crippen LogP contribution is 2.32. The highest BCUT2D eigenvalue weighted by molar-refractivity contribution is 5.88. The van der Waals surface area contributed by atoms with Crippen molar-refractivity contribution in [2.75, 3.05) is 5.32 Å². The molecule has 0 saturated carbocycles. The Morgan fingerprint density at radius 2 is 1.82 bits per heavy atom. The minimum absolute atomic E-state index is 0.310. The molecule has 0 unspecified atom stereocenters. The lowest BCUT2D eigenvalue weighted by Gasteiger charge is -2.14. The van der Waals surface area contributed by atoms with Gasteiger partial charge in [-0.05, 0) is 12.1 Å². The monoisotopic (exact) mass is 243 g/mol. The fourth-order valence-corrected chi connectivity index (χ4v) is 1.29. The fourth-order valence-electron chi connectivity index (χ4n) is 1.29. The van der Waals surface area contributed by atoms with E-state index in [0.29, 0.717) is 5.69 Å². The van der Waals surface area contributed by atoms with E-state index in [2.05, 4.69) is 5.32 Å². The first-order valence-electron chi connectivity index (χ1n) is 4.79.